The Morgan fingerprint density at radius 3 is 2.50 bits per heavy atom. The molecule has 9 heteroatoms. The number of ether oxygens (including phenoxy) is 1. The van der Waals surface area contributed by atoms with Crippen LogP contribution in [0.15, 0.2) is 18.2 Å². The molecule has 7 nitrogen and oxygen atoms in total. The molecule has 0 heterocycles. The van der Waals surface area contributed by atoms with Crippen LogP contribution in [-0.2, 0) is 19.6 Å². The molecule has 0 aliphatic carbocycles. The van der Waals surface area contributed by atoms with Crippen molar-refractivity contribution in [2.75, 3.05) is 11.8 Å². The van der Waals surface area contributed by atoms with E-state index in [1.54, 1.807) is 0 Å². The number of esters is 1. The molecule has 1 aromatic rings. The summed E-state index contributed by atoms with van der Waals surface area (Å²) in [7, 11) is -3.09. The molecule has 0 aliphatic heterocycles. The van der Waals surface area contributed by atoms with Crippen LogP contribution in [0.2, 0.25) is 5.02 Å². The van der Waals surface area contributed by atoms with Gasteiger partial charge in [-0.3, -0.25) is 9.52 Å². The van der Waals surface area contributed by atoms with Gasteiger partial charge >= 0.3 is 11.9 Å². The molecule has 1 unspecified atom stereocenters. The maximum atomic E-state index is 11.9. The number of benzene rings is 1. The smallest absolute Gasteiger partial charge is 0.339 e. The number of hydrogen-bond donors (Lipinski definition) is 2. The van der Waals surface area contributed by atoms with Gasteiger partial charge in [0.15, 0.2) is 5.25 Å². The monoisotopic (exact) mass is 321 g/mol. The molecule has 0 spiro atoms. The van der Waals surface area contributed by atoms with Crippen LogP contribution >= 0.6 is 11.6 Å². The van der Waals surface area contributed by atoms with E-state index < -0.39 is 32.8 Å². The molecule has 2 N–H and O–H groups in total. The lowest BCUT2D eigenvalue weighted by atomic mass is 10.2. The number of nitrogens with one attached hydrogen (secondary N) is 1. The number of sulfonamides is 1. The number of aromatic carboxylic acids is 1. The second-order valence-electron chi connectivity index (χ2n) is 3.78. The van der Waals surface area contributed by atoms with Crippen LogP contribution in [0.4, 0.5) is 5.69 Å². The Hall–Kier alpha value is -1.80. The molecule has 0 aliphatic rings. The SMILES string of the molecule is COC(=O)C(C)S(=O)(=O)Nc1cccc(Cl)c1C(=O)O. The molecule has 0 radical (unpaired) electrons. The Morgan fingerprint density at radius 1 is 1.40 bits per heavy atom. The van der Waals surface area contributed by atoms with Crippen molar-refractivity contribution < 1.29 is 27.9 Å². The number of anilines is 1. The molecule has 0 amide bonds. The van der Waals surface area contributed by atoms with Gasteiger partial charge in [0.1, 0.15) is 5.56 Å². The van der Waals surface area contributed by atoms with E-state index in [-0.39, 0.29) is 10.7 Å². The van der Waals surface area contributed by atoms with Crippen LogP contribution in [0.5, 0.6) is 0 Å². The van der Waals surface area contributed by atoms with Gasteiger partial charge in [0.2, 0.25) is 10.0 Å². The van der Waals surface area contributed by atoms with Crippen molar-refractivity contribution in [3.05, 3.63) is 28.8 Å². The van der Waals surface area contributed by atoms with Gasteiger partial charge in [-0.2, -0.15) is 0 Å². The summed E-state index contributed by atoms with van der Waals surface area (Å²) in [6, 6.07) is 3.93. The van der Waals surface area contributed by atoms with Crippen LogP contribution in [0, 0.1) is 0 Å². The zero-order valence-electron chi connectivity index (χ0n) is 10.6. The van der Waals surface area contributed by atoms with Gasteiger partial charge in [-0.15, -0.1) is 0 Å². The minimum absolute atomic E-state index is 0.122. The molecule has 1 atom stereocenters. The van der Waals surface area contributed by atoms with Gasteiger partial charge in [-0.25, -0.2) is 13.2 Å². The lowest BCUT2D eigenvalue weighted by molar-refractivity contribution is -0.139. The fourth-order valence-electron chi connectivity index (χ4n) is 1.36. The predicted molar refractivity (Wildman–Crippen MR) is 72.4 cm³/mol. The molecule has 0 saturated carbocycles. The van der Waals surface area contributed by atoms with Crippen molar-refractivity contribution in [3.63, 3.8) is 0 Å². The third kappa shape index (κ3) is 3.40. The first-order chi connectivity index (χ1) is 9.20. The molecule has 1 rings (SSSR count). The quantitative estimate of drug-likeness (QED) is 0.792. The van der Waals surface area contributed by atoms with Crippen LogP contribution in [0.25, 0.3) is 0 Å². The van der Waals surface area contributed by atoms with Crippen molar-refractivity contribution in [1.82, 2.24) is 0 Å². The van der Waals surface area contributed by atoms with E-state index in [4.69, 9.17) is 16.7 Å². The maximum Gasteiger partial charge on any atom is 0.339 e. The van der Waals surface area contributed by atoms with Gasteiger partial charge in [0.25, 0.3) is 0 Å². The van der Waals surface area contributed by atoms with Gasteiger partial charge in [0, 0.05) is 0 Å². The van der Waals surface area contributed by atoms with E-state index >= 15 is 0 Å². The molecule has 0 bridgehead atoms. The zero-order chi connectivity index (χ0) is 15.5. The molecule has 0 fully saturated rings. The highest BCUT2D eigenvalue weighted by atomic mass is 35.5. The summed E-state index contributed by atoms with van der Waals surface area (Å²) < 4.78 is 30.2. The number of carboxylic acids is 1. The molecule has 0 aromatic heterocycles. The number of carboxylic acid groups (broad SMARTS) is 1. The van der Waals surface area contributed by atoms with Crippen molar-refractivity contribution >= 4 is 39.3 Å². The summed E-state index contributed by atoms with van der Waals surface area (Å²) in [5.41, 5.74) is -0.615. The largest absolute Gasteiger partial charge is 0.478 e. The molecule has 110 valence electrons. The Morgan fingerprint density at radius 2 is 2.00 bits per heavy atom. The predicted octanol–water partition coefficient (Wildman–Crippen LogP) is 1.34. The number of halogens is 1. The molecular formula is C11H12ClNO6S. The Kier molecular flexibility index (Phi) is 4.96. The third-order valence-corrected chi connectivity index (χ3v) is 4.42. The van der Waals surface area contributed by atoms with Crippen molar-refractivity contribution in [2.24, 2.45) is 0 Å². The lowest BCUT2D eigenvalue weighted by Gasteiger charge is -2.14. The first kappa shape index (κ1) is 16.3. The van der Waals surface area contributed by atoms with E-state index in [1.807, 2.05) is 4.72 Å². The Balaban J connectivity index is 3.20. The normalized spacial score (nSPS) is 12.6. The summed E-state index contributed by atoms with van der Waals surface area (Å²) in [5, 5.41) is 7.41. The average molecular weight is 322 g/mol. The second kappa shape index (κ2) is 6.10. The van der Waals surface area contributed by atoms with Gasteiger partial charge in [-0.05, 0) is 19.1 Å². The number of methoxy groups -OCH3 is 1. The third-order valence-electron chi connectivity index (χ3n) is 2.48. The number of carbonyl (C=O) groups is 2. The first-order valence-electron chi connectivity index (χ1n) is 5.32. The van der Waals surface area contributed by atoms with Crippen molar-refractivity contribution in [3.8, 4) is 0 Å². The van der Waals surface area contributed by atoms with Crippen LogP contribution < -0.4 is 4.72 Å². The van der Waals surface area contributed by atoms with Gasteiger partial charge < -0.3 is 9.84 Å². The summed E-state index contributed by atoms with van der Waals surface area (Å²) in [4.78, 5) is 22.3. The maximum absolute atomic E-state index is 11.9. The van der Waals surface area contributed by atoms with Gasteiger partial charge in [0.05, 0.1) is 17.8 Å². The zero-order valence-corrected chi connectivity index (χ0v) is 12.2. The fourth-order valence-corrected chi connectivity index (χ4v) is 2.62. The van der Waals surface area contributed by atoms with Gasteiger partial charge in [-0.1, -0.05) is 17.7 Å². The van der Waals surface area contributed by atoms with E-state index in [0.29, 0.717) is 0 Å². The highest BCUT2D eigenvalue weighted by Crippen LogP contribution is 2.25. The summed E-state index contributed by atoms with van der Waals surface area (Å²) in [5.74, 6) is -2.35. The lowest BCUT2D eigenvalue weighted by Crippen LogP contribution is -2.33. The van der Waals surface area contributed by atoms with Crippen LogP contribution in [0.3, 0.4) is 0 Å². The topological polar surface area (TPSA) is 110 Å². The Labute approximate surface area is 120 Å². The number of rotatable bonds is 5. The van der Waals surface area contributed by atoms with Crippen LogP contribution in [-0.4, -0.2) is 37.8 Å². The molecule has 0 saturated heterocycles. The minimum atomic E-state index is -4.14. The summed E-state index contributed by atoms with van der Waals surface area (Å²) in [6.07, 6.45) is 0. The van der Waals surface area contributed by atoms with E-state index in [0.717, 1.165) is 14.0 Å². The number of carbonyl (C=O) groups excluding carboxylic acids is 1. The minimum Gasteiger partial charge on any atom is -0.478 e. The highest BCUT2D eigenvalue weighted by molar-refractivity contribution is 7.94. The first-order valence-corrected chi connectivity index (χ1v) is 7.24. The second-order valence-corrected chi connectivity index (χ2v) is 6.19. The van der Waals surface area contributed by atoms with Crippen molar-refractivity contribution in [1.29, 1.82) is 0 Å². The van der Waals surface area contributed by atoms with E-state index in [1.165, 1.54) is 18.2 Å². The average Bonchev–Trinajstić information content (AvgIpc) is 2.36. The highest BCUT2D eigenvalue weighted by Gasteiger charge is 2.30. The summed E-state index contributed by atoms with van der Waals surface area (Å²) in [6.45, 7) is 1.12. The van der Waals surface area contributed by atoms with Crippen LogP contribution in [0.1, 0.15) is 17.3 Å². The molecule has 1 aromatic carbocycles. The standard InChI is InChI=1S/C11H12ClNO6S/c1-6(11(16)19-2)20(17,18)13-8-5-3-4-7(12)9(8)10(14)15/h3-6,13H,1-2H3,(H,14,15). The molecular weight excluding hydrogens is 310 g/mol. The summed E-state index contributed by atoms with van der Waals surface area (Å²) >= 11 is 5.72. The van der Waals surface area contributed by atoms with E-state index in [9.17, 15) is 18.0 Å². The molecule has 20 heavy (non-hydrogen) atoms. The fraction of sp³-hybridized carbons (Fsp3) is 0.273. The number of hydrogen-bond acceptors (Lipinski definition) is 5. The van der Waals surface area contributed by atoms with Crippen molar-refractivity contribution in [2.45, 2.75) is 12.2 Å². The van der Waals surface area contributed by atoms with E-state index in [2.05, 4.69) is 4.74 Å². The Bertz CT molecular complexity index is 642.